The summed E-state index contributed by atoms with van der Waals surface area (Å²) in [5.74, 6) is -0.373. The Hall–Kier alpha value is -2.90. The van der Waals surface area contributed by atoms with Crippen molar-refractivity contribution in [3.8, 4) is 0 Å². The van der Waals surface area contributed by atoms with Crippen LogP contribution in [0.1, 0.15) is 36.6 Å². The van der Waals surface area contributed by atoms with E-state index in [9.17, 15) is 13.2 Å². The number of allylic oxidation sites excluding steroid dienone is 1. The van der Waals surface area contributed by atoms with Gasteiger partial charge in [0.2, 0.25) is 0 Å². The summed E-state index contributed by atoms with van der Waals surface area (Å²) >= 11 is 0. The van der Waals surface area contributed by atoms with Crippen LogP contribution in [0, 0.1) is 6.92 Å². The lowest BCUT2D eigenvalue weighted by Gasteiger charge is -2.21. The van der Waals surface area contributed by atoms with Crippen molar-refractivity contribution in [1.82, 2.24) is 9.29 Å². The standard InChI is InChI=1S/C24H26N2O4S/c1-15(2)12-20-19-6-5-7-22-23(19)17(13-21(25-20)24(27)30-4)14-26(22)31(28,29)18-10-8-16(3)9-11-18/h5-12,14,20-21,25H,13H2,1-4H3/t20-,21+/m1/s1. The molecule has 2 atom stereocenters. The average molecular weight is 439 g/mol. The van der Waals surface area contributed by atoms with Gasteiger partial charge in [-0.3, -0.25) is 10.1 Å². The molecule has 162 valence electrons. The van der Waals surface area contributed by atoms with Crippen LogP contribution in [0.4, 0.5) is 0 Å². The zero-order chi connectivity index (χ0) is 22.3. The molecule has 0 spiro atoms. The first-order valence-corrected chi connectivity index (χ1v) is 11.6. The second-order valence-electron chi connectivity index (χ2n) is 8.18. The summed E-state index contributed by atoms with van der Waals surface area (Å²) < 4.78 is 33.3. The Labute approximate surface area is 182 Å². The average Bonchev–Trinajstić information content (AvgIpc) is 3.03. The Morgan fingerprint density at radius 1 is 1.16 bits per heavy atom. The summed E-state index contributed by atoms with van der Waals surface area (Å²) in [4.78, 5) is 12.7. The van der Waals surface area contributed by atoms with Crippen LogP contribution in [0.25, 0.3) is 10.9 Å². The molecule has 2 aromatic carbocycles. The van der Waals surface area contributed by atoms with E-state index >= 15 is 0 Å². The second-order valence-corrected chi connectivity index (χ2v) is 9.99. The van der Waals surface area contributed by atoms with Gasteiger partial charge in [-0.15, -0.1) is 0 Å². The smallest absolute Gasteiger partial charge is 0.323 e. The van der Waals surface area contributed by atoms with Crippen LogP contribution in [-0.2, 0) is 26.0 Å². The molecule has 0 amide bonds. The molecule has 0 aliphatic carbocycles. The van der Waals surface area contributed by atoms with Gasteiger partial charge in [-0.05, 0) is 50.1 Å². The normalized spacial score (nSPS) is 18.5. The number of aryl methyl sites for hydroxylation is 1. The maximum Gasteiger partial charge on any atom is 0.323 e. The highest BCUT2D eigenvalue weighted by Crippen LogP contribution is 2.36. The molecule has 0 saturated carbocycles. The quantitative estimate of drug-likeness (QED) is 0.494. The number of carbonyl (C=O) groups excluding carboxylic acids is 1. The van der Waals surface area contributed by atoms with Gasteiger partial charge in [0, 0.05) is 18.0 Å². The van der Waals surface area contributed by atoms with Crippen molar-refractivity contribution in [1.29, 1.82) is 0 Å². The molecular weight excluding hydrogens is 412 g/mol. The van der Waals surface area contributed by atoms with E-state index in [1.807, 2.05) is 45.0 Å². The fourth-order valence-corrected chi connectivity index (χ4v) is 5.54. The number of ether oxygens (including phenoxy) is 1. The van der Waals surface area contributed by atoms with Gasteiger partial charge in [-0.1, -0.05) is 41.5 Å². The lowest BCUT2D eigenvalue weighted by Crippen LogP contribution is -2.40. The zero-order valence-corrected chi connectivity index (χ0v) is 18.9. The van der Waals surface area contributed by atoms with E-state index in [0.29, 0.717) is 11.9 Å². The Balaban J connectivity index is 1.96. The van der Waals surface area contributed by atoms with Crippen molar-refractivity contribution in [3.05, 3.63) is 77.0 Å². The number of rotatable bonds is 4. The molecular formula is C24H26N2O4S. The van der Waals surface area contributed by atoms with Gasteiger partial charge in [0.15, 0.2) is 0 Å². The molecule has 7 heteroatoms. The summed E-state index contributed by atoms with van der Waals surface area (Å²) in [5, 5.41) is 4.24. The predicted molar refractivity (Wildman–Crippen MR) is 121 cm³/mol. The number of hydrogen-bond acceptors (Lipinski definition) is 5. The summed E-state index contributed by atoms with van der Waals surface area (Å²) in [5.41, 5.74) is 4.43. The highest BCUT2D eigenvalue weighted by Gasteiger charge is 2.32. The predicted octanol–water partition coefficient (Wildman–Crippen LogP) is 3.88. The summed E-state index contributed by atoms with van der Waals surface area (Å²) in [6, 6.07) is 11.6. The molecule has 31 heavy (non-hydrogen) atoms. The molecule has 1 N–H and O–H groups in total. The van der Waals surface area contributed by atoms with Crippen LogP contribution in [0.2, 0.25) is 0 Å². The minimum Gasteiger partial charge on any atom is -0.468 e. The van der Waals surface area contributed by atoms with E-state index in [2.05, 4.69) is 5.32 Å². The fourth-order valence-electron chi connectivity index (χ4n) is 4.15. The Morgan fingerprint density at radius 3 is 2.52 bits per heavy atom. The third-order valence-corrected chi connectivity index (χ3v) is 7.30. The maximum absolute atomic E-state index is 13.5. The number of hydrogen-bond donors (Lipinski definition) is 1. The first kappa shape index (κ1) is 21.3. The van der Waals surface area contributed by atoms with Crippen molar-refractivity contribution < 1.29 is 17.9 Å². The van der Waals surface area contributed by atoms with E-state index in [4.69, 9.17) is 4.74 Å². The Bertz CT molecular complexity index is 1280. The van der Waals surface area contributed by atoms with Gasteiger partial charge in [0.25, 0.3) is 10.0 Å². The molecule has 0 fully saturated rings. The SMILES string of the molecule is COC(=O)[C@@H]1Cc2cn(S(=O)(=O)c3ccc(C)cc3)c3cccc(c23)[C@@H](C=C(C)C)N1. The summed E-state index contributed by atoms with van der Waals surface area (Å²) in [7, 11) is -2.43. The lowest BCUT2D eigenvalue weighted by atomic mass is 9.99. The number of carbonyl (C=O) groups is 1. The largest absolute Gasteiger partial charge is 0.468 e. The molecule has 0 bridgehead atoms. The van der Waals surface area contributed by atoms with Crippen molar-refractivity contribution in [2.45, 2.75) is 44.2 Å². The van der Waals surface area contributed by atoms with Crippen LogP contribution in [0.5, 0.6) is 0 Å². The number of benzene rings is 2. The van der Waals surface area contributed by atoms with Crippen LogP contribution >= 0.6 is 0 Å². The van der Waals surface area contributed by atoms with Crippen LogP contribution in [-0.4, -0.2) is 31.5 Å². The van der Waals surface area contributed by atoms with Crippen LogP contribution in [0.3, 0.4) is 0 Å². The van der Waals surface area contributed by atoms with E-state index < -0.39 is 16.1 Å². The number of aromatic nitrogens is 1. The molecule has 1 aliphatic rings. The monoisotopic (exact) mass is 438 g/mol. The number of esters is 1. The minimum atomic E-state index is -3.79. The van der Waals surface area contributed by atoms with Gasteiger partial charge in [-0.2, -0.15) is 0 Å². The molecule has 2 heterocycles. The summed E-state index contributed by atoms with van der Waals surface area (Å²) in [6.07, 6.45) is 4.03. The molecule has 1 aromatic heterocycles. The number of nitrogens with one attached hydrogen (secondary N) is 1. The molecule has 4 rings (SSSR count). The minimum absolute atomic E-state index is 0.229. The zero-order valence-electron chi connectivity index (χ0n) is 18.0. The van der Waals surface area contributed by atoms with E-state index in [0.717, 1.165) is 27.6 Å². The number of nitrogens with zero attached hydrogens (tertiary/aromatic N) is 1. The molecule has 0 unspecified atom stereocenters. The highest BCUT2D eigenvalue weighted by atomic mass is 32.2. The molecule has 3 aromatic rings. The summed E-state index contributed by atoms with van der Waals surface area (Å²) in [6.45, 7) is 5.91. The van der Waals surface area contributed by atoms with E-state index in [1.165, 1.54) is 11.1 Å². The first-order chi connectivity index (χ1) is 14.7. The highest BCUT2D eigenvalue weighted by molar-refractivity contribution is 7.90. The third kappa shape index (κ3) is 3.79. The van der Waals surface area contributed by atoms with Gasteiger partial charge in [0.1, 0.15) is 6.04 Å². The number of methoxy groups -OCH3 is 1. The van der Waals surface area contributed by atoms with Crippen molar-refractivity contribution >= 4 is 26.9 Å². The lowest BCUT2D eigenvalue weighted by molar-refractivity contribution is -0.143. The van der Waals surface area contributed by atoms with Crippen molar-refractivity contribution in [2.75, 3.05) is 7.11 Å². The maximum atomic E-state index is 13.5. The van der Waals surface area contributed by atoms with Crippen LogP contribution in [0.15, 0.2) is 65.2 Å². The Kier molecular flexibility index (Phi) is 5.49. The van der Waals surface area contributed by atoms with Crippen LogP contribution < -0.4 is 5.32 Å². The third-order valence-electron chi connectivity index (χ3n) is 5.61. The molecule has 6 nitrogen and oxygen atoms in total. The van der Waals surface area contributed by atoms with Gasteiger partial charge in [-0.25, -0.2) is 12.4 Å². The van der Waals surface area contributed by atoms with Gasteiger partial charge < -0.3 is 4.74 Å². The fraction of sp³-hybridized carbons (Fsp3) is 0.292. The second kappa shape index (κ2) is 7.98. The molecule has 1 aliphatic heterocycles. The van der Waals surface area contributed by atoms with Gasteiger partial charge in [0.05, 0.1) is 23.6 Å². The molecule has 0 radical (unpaired) electrons. The topological polar surface area (TPSA) is 77.4 Å². The van der Waals surface area contributed by atoms with E-state index in [-0.39, 0.29) is 16.9 Å². The molecule has 0 saturated heterocycles. The van der Waals surface area contributed by atoms with E-state index in [1.54, 1.807) is 30.5 Å². The van der Waals surface area contributed by atoms with Crippen molar-refractivity contribution in [3.63, 3.8) is 0 Å². The first-order valence-electron chi connectivity index (χ1n) is 10.2. The van der Waals surface area contributed by atoms with Gasteiger partial charge >= 0.3 is 5.97 Å². The van der Waals surface area contributed by atoms with Crippen molar-refractivity contribution in [2.24, 2.45) is 0 Å². The Morgan fingerprint density at radius 2 is 1.87 bits per heavy atom.